The Morgan fingerprint density at radius 3 is 3.00 bits per heavy atom. The predicted octanol–water partition coefficient (Wildman–Crippen LogP) is -0.202. The molecule has 70 valence electrons. The summed E-state index contributed by atoms with van der Waals surface area (Å²) in [7, 11) is 0. The van der Waals surface area contributed by atoms with E-state index in [-0.39, 0.29) is 0 Å². The molecule has 1 heterocycles. The largest absolute Gasteiger partial charge is 0.596 e. The number of hydrogen-bond acceptors (Lipinski definition) is 3. The molecule has 0 bridgehead atoms. The number of aryl methyl sites for hydroxylation is 1. The summed E-state index contributed by atoms with van der Waals surface area (Å²) in [6.07, 6.45) is 1.13. The van der Waals surface area contributed by atoms with Crippen LogP contribution in [0.2, 0.25) is 0 Å². The SMILES string of the molecule is CCO/C([O-])=N/[n+]1ccccc1C. The monoisotopic (exact) mass is 180 g/mol. The van der Waals surface area contributed by atoms with E-state index in [0.29, 0.717) is 6.61 Å². The molecule has 13 heavy (non-hydrogen) atoms. The molecule has 1 aromatic rings. The molecule has 0 saturated heterocycles. The highest BCUT2D eigenvalue weighted by molar-refractivity contribution is 5.60. The van der Waals surface area contributed by atoms with Crippen LogP contribution in [-0.2, 0) is 4.74 Å². The summed E-state index contributed by atoms with van der Waals surface area (Å²) in [5.74, 6) is 0. The highest BCUT2D eigenvalue weighted by Crippen LogP contribution is 1.86. The Morgan fingerprint density at radius 1 is 1.62 bits per heavy atom. The van der Waals surface area contributed by atoms with Crippen LogP contribution >= 0.6 is 0 Å². The summed E-state index contributed by atoms with van der Waals surface area (Å²) in [6, 6.07) is 5.55. The number of rotatable bonds is 2. The molecule has 0 aromatic carbocycles. The van der Waals surface area contributed by atoms with Crippen molar-refractivity contribution in [1.82, 2.24) is 0 Å². The Kier molecular flexibility index (Phi) is 3.25. The van der Waals surface area contributed by atoms with Crippen LogP contribution in [0.4, 0.5) is 0 Å². The minimum absolute atomic E-state index is 0.342. The number of ether oxygens (including phenoxy) is 1. The van der Waals surface area contributed by atoms with Gasteiger partial charge in [-0.15, -0.1) is 0 Å². The van der Waals surface area contributed by atoms with Gasteiger partial charge in [-0.25, -0.2) is 0 Å². The van der Waals surface area contributed by atoms with Gasteiger partial charge < -0.3 is 9.84 Å². The Bertz CT molecular complexity index is 310. The summed E-state index contributed by atoms with van der Waals surface area (Å²) >= 11 is 0. The standard InChI is InChI=1S/C9H12N2O2/c1-3-13-9(12)10-11-7-5-4-6-8(11)2/h4-7H,3H2,1-2H3. The van der Waals surface area contributed by atoms with E-state index in [0.717, 1.165) is 5.69 Å². The second-order valence-corrected chi connectivity index (χ2v) is 2.49. The van der Waals surface area contributed by atoms with Gasteiger partial charge in [0.25, 0.3) is 0 Å². The topological polar surface area (TPSA) is 48.5 Å². The second kappa shape index (κ2) is 4.45. The maximum absolute atomic E-state index is 11.0. The van der Waals surface area contributed by atoms with Gasteiger partial charge in [-0.1, -0.05) is 11.6 Å². The Morgan fingerprint density at radius 2 is 2.38 bits per heavy atom. The molecule has 0 aliphatic heterocycles. The van der Waals surface area contributed by atoms with Crippen molar-refractivity contribution < 1.29 is 14.5 Å². The fourth-order valence-corrected chi connectivity index (χ4v) is 0.872. The molecule has 4 nitrogen and oxygen atoms in total. The van der Waals surface area contributed by atoms with Gasteiger partial charge in [0.15, 0.2) is 0 Å². The van der Waals surface area contributed by atoms with Crippen molar-refractivity contribution in [2.45, 2.75) is 13.8 Å². The van der Waals surface area contributed by atoms with Crippen LogP contribution in [0.1, 0.15) is 12.6 Å². The lowest BCUT2D eigenvalue weighted by molar-refractivity contribution is -0.688. The number of nitrogens with zero attached hydrogens (tertiary/aromatic N) is 2. The van der Waals surface area contributed by atoms with Crippen LogP contribution in [0.5, 0.6) is 0 Å². The molecule has 0 unspecified atom stereocenters. The lowest BCUT2D eigenvalue weighted by atomic mass is 10.4. The van der Waals surface area contributed by atoms with E-state index in [9.17, 15) is 5.11 Å². The van der Waals surface area contributed by atoms with Crippen LogP contribution < -0.4 is 9.78 Å². The lowest BCUT2D eigenvalue weighted by Crippen LogP contribution is -2.36. The first-order valence-electron chi connectivity index (χ1n) is 4.10. The molecular formula is C9H12N2O2. The number of hydrogen-bond donors (Lipinski definition) is 0. The average molecular weight is 180 g/mol. The van der Waals surface area contributed by atoms with Crippen molar-refractivity contribution >= 4 is 6.08 Å². The van der Waals surface area contributed by atoms with E-state index in [1.165, 1.54) is 4.68 Å². The van der Waals surface area contributed by atoms with Crippen molar-refractivity contribution in [3.8, 4) is 0 Å². The fraction of sp³-hybridized carbons (Fsp3) is 0.333. The van der Waals surface area contributed by atoms with E-state index in [1.54, 1.807) is 19.2 Å². The maximum atomic E-state index is 11.0. The molecule has 0 radical (unpaired) electrons. The van der Waals surface area contributed by atoms with E-state index in [2.05, 4.69) is 9.84 Å². The quantitative estimate of drug-likeness (QED) is 0.359. The van der Waals surface area contributed by atoms with E-state index < -0.39 is 6.08 Å². The van der Waals surface area contributed by atoms with Gasteiger partial charge in [0, 0.05) is 24.2 Å². The van der Waals surface area contributed by atoms with Gasteiger partial charge in [0.2, 0.25) is 18.0 Å². The zero-order valence-corrected chi connectivity index (χ0v) is 7.73. The third-order valence-electron chi connectivity index (χ3n) is 1.49. The zero-order valence-electron chi connectivity index (χ0n) is 7.73. The van der Waals surface area contributed by atoms with Crippen molar-refractivity contribution in [3.63, 3.8) is 0 Å². The summed E-state index contributed by atoms with van der Waals surface area (Å²) in [6.45, 7) is 3.95. The third kappa shape index (κ3) is 2.74. The van der Waals surface area contributed by atoms with Crippen LogP contribution in [0.25, 0.3) is 0 Å². The molecule has 4 heteroatoms. The summed E-state index contributed by atoms with van der Waals surface area (Å²) in [4.78, 5) is 0. The van der Waals surface area contributed by atoms with Crippen LogP contribution in [0, 0.1) is 6.92 Å². The highest BCUT2D eigenvalue weighted by atomic mass is 16.6. The molecule has 0 atom stereocenters. The fourth-order valence-electron chi connectivity index (χ4n) is 0.872. The first kappa shape index (κ1) is 9.51. The Labute approximate surface area is 77.1 Å². The van der Waals surface area contributed by atoms with Gasteiger partial charge in [-0.2, -0.15) is 0 Å². The molecular weight excluding hydrogens is 168 g/mol. The van der Waals surface area contributed by atoms with E-state index in [4.69, 9.17) is 0 Å². The van der Waals surface area contributed by atoms with Gasteiger partial charge in [-0.3, -0.25) is 0 Å². The van der Waals surface area contributed by atoms with Crippen molar-refractivity contribution in [3.05, 3.63) is 30.1 Å². The average Bonchev–Trinajstić information content (AvgIpc) is 2.09. The van der Waals surface area contributed by atoms with Gasteiger partial charge in [-0.05, 0) is 12.7 Å². The van der Waals surface area contributed by atoms with Crippen LogP contribution in [0.3, 0.4) is 0 Å². The zero-order chi connectivity index (χ0) is 9.68. The highest BCUT2D eigenvalue weighted by Gasteiger charge is 2.01. The maximum Gasteiger partial charge on any atom is 0.222 e. The van der Waals surface area contributed by atoms with Crippen molar-refractivity contribution in [2.75, 3.05) is 6.61 Å². The van der Waals surface area contributed by atoms with Crippen molar-refractivity contribution in [2.24, 2.45) is 5.10 Å². The molecule has 0 aliphatic carbocycles. The van der Waals surface area contributed by atoms with E-state index in [1.807, 2.05) is 19.1 Å². The Hall–Kier alpha value is -1.58. The molecule has 0 fully saturated rings. The molecule has 0 spiro atoms. The first-order valence-corrected chi connectivity index (χ1v) is 4.10. The number of aromatic nitrogens is 1. The first-order chi connectivity index (χ1) is 6.24. The van der Waals surface area contributed by atoms with Gasteiger partial charge >= 0.3 is 0 Å². The molecule has 1 rings (SSSR count). The number of pyridine rings is 1. The normalized spacial score (nSPS) is 11.4. The molecule has 0 aliphatic rings. The summed E-state index contributed by atoms with van der Waals surface area (Å²) in [5, 5.41) is 14.7. The van der Waals surface area contributed by atoms with Crippen LogP contribution in [0.15, 0.2) is 29.5 Å². The van der Waals surface area contributed by atoms with E-state index >= 15 is 0 Å². The van der Waals surface area contributed by atoms with Gasteiger partial charge in [0.05, 0.1) is 0 Å². The smallest absolute Gasteiger partial charge is 0.222 e. The lowest BCUT2D eigenvalue weighted by Gasteiger charge is -2.06. The van der Waals surface area contributed by atoms with Crippen LogP contribution in [-0.4, -0.2) is 12.7 Å². The van der Waals surface area contributed by atoms with Gasteiger partial charge in [0.1, 0.15) is 0 Å². The Balaban J connectivity index is 2.84. The molecule has 1 aromatic heterocycles. The van der Waals surface area contributed by atoms with Crippen molar-refractivity contribution in [1.29, 1.82) is 0 Å². The predicted molar refractivity (Wildman–Crippen MR) is 45.8 cm³/mol. The second-order valence-electron chi connectivity index (χ2n) is 2.49. The minimum atomic E-state index is -0.568. The molecule has 0 N–H and O–H groups in total. The molecule has 0 amide bonds. The summed E-state index contributed by atoms with van der Waals surface area (Å²) < 4.78 is 6.16. The minimum Gasteiger partial charge on any atom is -0.596 e. The third-order valence-corrected chi connectivity index (χ3v) is 1.49. The summed E-state index contributed by atoms with van der Waals surface area (Å²) in [5.41, 5.74) is 0.885. The molecule has 0 saturated carbocycles.